The Morgan fingerprint density at radius 2 is 2.21 bits per heavy atom. The molecule has 0 spiro atoms. The molecule has 2 N–H and O–H groups in total. The average molecular weight is 266 g/mol. The minimum absolute atomic E-state index is 0.467. The Morgan fingerprint density at radius 1 is 1.42 bits per heavy atom. The molecular formula is C14H26N4O. The molecule has 3 atom stereocenters. The predicted octanol–water partition coefficient (Wildman–Crippen LogP) is 1.74. The number of nitrogens with zero attached hydrogens (tertiary/aromatic N) is 2. The summed E-state index contributed by atoms with van der Waals surface area (Å²) in [6.45, 7) is 10.6. The van der Waals surface area contributed by atoms with Gasteiger partial charge in [0.1, 0.15) is 0 Å². The van der Waals surface area contributed by atoms with Crippen LogP contribution in [0.1, 0.15) is 45.8 Å². The lowest BCUT2D eigenvalue weighted by molar-refractivity contribution is 0.230. The average Bonchev–Trinajstić information content (AvgIpc) is 2.75. The molecule has 0 radical (unpaired) electrons. The van der Waals surface area contributed by atoms with E-state index in [9.17, 15) is 0 Å². The number of hydrogen-bond donors (Lipinski definition) is 2. The van der Waals surface area contributed by atoms with Crippen molar-refractivity contribution in [2.45, 2.75) is 59.2 Å². The third-order valence-corrected chi connectivity index (χ3v) is 3.81. The maximum atomic E-state index is 5.28. The van der Waals surface area contributed by atoms with E-state index in [1.54, 1.807) is 0 Å². The van der Waals surface area contributed by atoms with Crippen LogP contribution < -0.4 is 10.6 Å². The second-order valence-electron chi connectivity index (χ2n) is 6.12. The maximum absolute atomic E-state index is 5.28. The molecule has 0 aromatic carbocycles. The van der Waals surface area contributed by atoms with Gasteiger partial charge in [-0.25, -0.2) is 0 Å². The molecule has 1 aliphatic heterocycles. The first kappa shape index (κ1) is 14.5. The fraction of sp³-hybridized carbons (Fsp3) is 0.857. The molecule has 0 amide bonds. The van der Waals surface area contributed by atoms with E-state index in [2.05, 4.69) is 48.5 Å². The van der Waals surface area contributed by atoms with Gasteiger partial charge in [0.15, 0.2) is 5.82 Å². The van der Waals surface area contributed by atoms with Crippen LogP contribution in [-0.2, 0) is 13.0 Å². The summed E-state index contributed by atoms with van der Waals surface area (Å²) in [7, 11) is 0. The minimum Gasteiger partial charge on any atom is -0.338 e. The fourth-order valence-electron chi connectivity index (χ4n) is 2.73. The van der Waals surface area contributed by atoms with Crippen molar-refractivity contribution in [2.75, 3.05) is 6.54 Å². The number of hydrogen-bond acceptors (Lipinski definition) is 5. The maximum Gasteiger partial charge on any atom is 0.240 e. The lowest BCUT2D eigenvalue weighted by atomic mass is 9.89. The van der Waals surface area contributed by atoms with Crippen LogP contribution in [0.2, 0.25) is 0 Å². The number of aromatic nitrogens is 2. The molecule has 19 heavy (non-hydrogen) atoms. The second-order valence-corrected chi connectivity index (χ2v) is 6.12. The van der Waals surface area contributed by atoms with Gasteiger partial charge < -0.3 is 15.2 Å². The summed E-state index contributed by atoms with van der Waals surface area (Å²) in [4.78, 5) is 4.42. The van der Waals surface area contributed by atoms with Crippen LogP contribution in [0.15, 0.2) is 4.52 Å². The fourth-order valence-corrected chi connectivity index (χ4v) is 2.73. The summed E-state index contributed by atoms with van der Waals surface area (Å²) >= 11 is 0. The van der Waals surface area contributed by atoms with Crippen molar-refractivity contribution in [1.82, 2.24) is 20.8 Å². The second kappa shape index (κ2) is 6.48. The SMILES string of the molecule is CC(C)Cc1noc(CNC2C(C)CCNC2C)n1. The quantitative estimate of drug-likeness (QED) is 0.850. The van der Waals surface area contributed by atoms with E-state index >= 15 is 0 Å². The van der Waals surface area contributed by atoms with Crippen LogP contribution in [0.25, 0.3) is 0 Å². The number of piperidine rings is 1. The van der Waals surface area contributed by atoms with Gasteiger partial charge in [-0.05, 0) is 31.7 Å². The molecule has 1 aliphatic rings. The molecule has 1 fully saturated rings. The number of rotatable bonds is 5. The third-order valence-electron chi connectivity index (χ3n) is 3.81. The van der Waals surface area contributed by atoms with Crippen molar-refractivity contribution < 1.29 is 4.52 Å². The van der Waals surface area contributed by atoms with Crippen molar-refractivity contribution in [3.63, 3.8) is 0 Å². The summed E-state index contributed by atoms with van der Waals surface area (Å²) < 4.78 is 5.28. The molecule has 1 aromatic rings. The first-order chi connectivity index (χ1) is 9.06. The Labute approximate surface area is 115 Å². The molecule has 108 valence electrons. The summed E-state index contributed by atoms with van der Waals surface area (Å²) in [5.74, 6) is 2.74. The number of nitrogens with one attached hydrogen (secondary N) is 2. The van der Waals surface area contributed by atoms with Gasteiger partial charge in [0, 0.05) is 18.5 Å². The molecule has 5 nitrogen and oxygen atoms in total. The molecular weight excluding hydrogens is 240 g/mol. The molecule has 1 saturated heterocycles. The Hall–Kier alpha value is -0.940. The Kier molecular flexibility index (Phi) is 4.93. The molecule has 2 rings (SSSR count). The molecule has 5 heteroatoms. The monoisotopic (exact) mass is 266 g/mol. The highest BCUT2D eigenvalue weighted by molar-refractivity contribution is 4.91. The zero-order valence-electron chi connectivity index (χ0n) is 12.4. The summed E-state index contributed by atoms with van der Waals surface area (Å²) in [5.41, 5.74) is 0. The third kappa shape index (κ3) is 4.01. The van der Waals surface area contributed by atoms with Crippen molar-refractivity contribution in [2.24, 2.45) is 11.8 Å². The highest BCUT2D eigenvalue weighted by Crippen LogP contribution is 2.16. The predicted molar refractivity (Wildman–Crippen MR) is 74.7 cm³/mol. The smallest absolute Gasteiger partial charge is 0.240 e. The summed E-state index contributed by atoms with van der Waals surface area (Å²) in [6, 6.07) is 0.955. The molecule has 2 heterocycles. The highest BCUT2D eigenvalue weighted by atomic mass is 16.5. The van der Waals surface area contributed by atoms with Gasteiger partial charge in [-0.3, -0.25) is 0 Å². The minimum atomic E-state index is 0.467. The Bertz CT molecular complexity index is 381. The molecule has 3 unspecified atom stereocenters. The molecule has 0 saturated carbocycles. The molecule has 0 bridgehead atoms. The lowest BCUT2D eigenvalue weighted by Crippen LogP contribution is -2.54. The summed E-state index contributed by atoms with van der Waals surface area (Å²) in [6.07, 6.45) is 2.09. The molecule has 0 aliphatic carbocycles. The van der Waals surface area contributed by atoms with E-state index in [-0.39, 0.29) is 0 Å². The van der Waals surface area contributed by atoms with Gasteiger partial charge >= 0.3 is 0 Å². The zero-order chi connectivity index (χ0) is 13.8. The van der Waals surface area contributed by atoms with E-state index in [1.807, 2.05) is 0 Å². The molecule has 1 aromatic heterocycles. The van der Waals surface area contributed by atoms with Crippen molar-refractivity contribution >= 4 is 0 Å². The Morgan fingerprint density at radius 3 is 2.89 bits per heavy atom. The van der Waals surface area contributed by atoms with Gasteiger partial charge in [0.2, 0.25) is 5.89 Å². The van der Waals surface area contributed by atoms with Crippen molar-refractivity contribution in [3.05, 3.63) is 11.7 Å². The van der Waals surface area contributed by atoms with E-state index in [0.717, 1.165) is 18.8 Å². The van der Waals surface area contributed by atoms with Crippen LogP contribution in [0.3, 0.4) is 0 Å². The van der Waals surface area contributed by atoms with Crippen LogP contribution in [0, 0.1) is 11.8 Å². The van der Waals surface area contributed by atoms with Crippen LogP contribution >= 0.6 is 0 Å². The van der Waals surface area contributed by atoms with Gasteiger partial charge in [0.05, 0.1) is 6.54 Å². The highest BCUT2D eigenvalue weighted by Gasteiger charge is 2.27. The zero-order valence-corrected chi connectivity index (χ0v) is 12.4. The van der Waals surface area contributed by atoms with Gasteiger partial charge in [-0.15, -0.1) is 0 Å². The first-order valence-corrected chi connectivity index (χ1v) is 7.34. The van der Waals surface area contributed by atoms with E-state index in [1.165, 1.54) is 6.42 Å². The van der Waals surface area contributed by atoms with Gasteiger partial charge in [-0.2, -0.15) is 4.98 Å². The standard InChI is InChI=1S/C14H26N4O/c1-9(2)7-12-17-13(19-18-12)8-16-14-10(3)5-6-15-11(14)4/h9-11,14-16H,5-8H2,1-4H3. The van der Waals surface area contributed by atoms with Crippen molar-refractivity contribution in [3.8, 4) is 0 Å². The van der Waals surface area contributed by atoms with Crippen LogP contribution in [-0.4, -0.2) is 28.8 Å². The summed E-state index contributed by atoms with van der Waals surface area (Å²) in [5, 5.41) is 11.1. The van der Waals surface area contributed by atoms with Crippen LogP contribution in [0.5, 0.6) is 0 Å². The largest absolute Gasteiger partial charge is 0.338 e. The lowest BCUT2D eigenvalue weighted by Gasteiger charge is -2.35. The topological polar surface area (TPSA) is 63.0 Å². The van der Waals surface area contributed by atoms with E-state index in [4.69, 9.17) is 4.52 Å². The van der Waals surface area contributed by atoms with E-state index in [0.29, 0.717) is 36.4 Å². The first-order valence-electron chi connectivity index (χ1n) is 7.34. The van der Waals surface area contributed by atoms with Crippen LogP contribution in [0.4, 0.5) is 0 Å². The van der Waals surface area contributed by atoms with Gasteiger partial charge in [0.25, 0.3) is 0 Å². The van der Waals surface area contributed by atoms with Crippen molar-refractivity contribution in [1.29, 1.82) is 0 Å². The van der Waals surface area contributed by atoms with E-state index < -0.39 is 0 Å². The normalized spacial score (nSPS) is 27.9. The Balaban J connectivity index is 1.85. The van der Waals surface area contributed by atoms with Gasteiger partial charge in [-0.1, -0.05) is 25.9 Å².